The molecule has 0 spiro atoms. The molecule has 2 saturated carbocycles. The predicted molar refractivity (Wildman–Crippen MR) is 205 cm³/mol. The van der Waals surface area contributed by atoms with Crippen molar-refractivity contribution in [2.75, 3.05) is 6.54 Å². The van der Waals surface area contributed by atoms with Gasteiger partial charge in [0.15, 0.2) is 11.3 Å². The van der Waals surface area contributed by atoms with Gasteiger partial charge in [0.1, 0.15) is 34.8 Å². The summed E-state index contributed by atoms with van der Waals surface area (Å²) in [5, 5.41) is 4.61. The fourth-order valence-electron chi connectivity index (χ4n) is 7.88. The fourth-order valence-corrected chi connectivity index (χ4v) is 9.24. The largest absolute Gasteiger partial charge is 0.484 e. The van der Waals surface area contributed by atoms with E-state index in [1.165, 1.54) is 0 Å². The minimum atomic E-state index is -5.27. The first-order chi connectivity index (χ1) is 27.6. The van der Waals surface area contributed by atoms with Gasteiger partial charge in [0.25, 0.3) is 5.91 Å². The van der Waals surface area contributed by atoms with Crippen LogP contribution in [-0.4, -0.2) is 83.6 Å². The highest BCUT2D eigenvalue weighted by Crippen LogP contribution is 2.46. The van der Waals surface area contributed by atoms with E-state index in [0.29, 0.717) is 66.3 Å². The number of sulfonamides is 1. The molecule has 2 aliphatic carbocycles. The van der Waals surface area contributed by atoms with Crippen molar-refractivity contribution in [3.63, 3.8) is 0 Å². The van der Waals surface area contributed by atoms with Crippen molar-refractivity contribution in [3.05, 3.63) is 72.3 Å². The molecule has 306 valence electrons. The first-order valence-corrected chi connectivity index (χ1v) is 21.0. The predicted octanol–water partition coefficient (Wildman–Crippen LogP) is 5.36. The molecule has 2 aliphatic heterocycles. The van der Waals surface area contributed by atoms with Crippen LogP contribution in [0.1, 0.15) is 63.4 Å². The molecule has 2 aromatic carbocycles. The zero-order valence-electron chi connectivity index (χ0n) is 31.5. The topological polar surface area (TPSA) is 177 Å². The van der Waals surface area contributed by atoms with Crippen LogP contribution < -0.4 is 20.1 Å². The van der Waals surface area contributed by atoms with Crippen molar-refractivity contribution in [3.8, 4) is 17.0 Å². The quantitative estimate of drug-likeness (QED) is 0.207. The number of ether oxygens (including phenoxy) is 1. The molecule has 58 heavy (non-hydrogen) atoms. The molecule has 8 rings (SSSR count). The van der Waals surface area contributed by atoms with Gasteiger partial charge >= 0.3 is 12.1 Å². The van der Waals surface area contributed by atoms with Crippen LogP contribution in [0, 0.1) is 12.8 Å². The minimum Gasteiger partial charge on any atom is -0.484 e. The lowest BCUT2D eigenvalue weighted by Crippen LogP contribution is -2.58. The van der Waals surface area contributed by atoms with E-state index in [-0.39, 0.29) is 31.6 Å². The number of amides is 4. The number of pyridine rings is 1. The number of nitrogens with zero attached hydrogens (tertiary/aromatic N) is 2. The molecule has 13 nitrogen and oxygen atoms in total. The molecule has 0 bridgehead atoms. The molecule has 4 aliphatic rings. The van der Waals surface area contributed by atoms with E-state index in [4.69, 9.17) is 14.1 Å². The first kappa shape index (κ1) is 39.4. The average molecular weight is 822 g/mol. The Labute approximate surface area is 331 Å². The van der Waals surface area contributed by atoms with E-state index in [1.807, 2.05) is 54.7 Å². The van der Waals surface area contributed by atoms with Gasteiger partial charge in [-0.1, -0.05) is 67.0 Å². The number of alkyl halides is 3. The SMILES string of the molecule is Cc1ccc(-c2cc(O[C@@H]3C[C@H]4C(=O)N[C@]5(C(=O)NS(=O)(=O)C6CC6)C[C@@H]5/C=C\CCCCC[C@H](NC(=O)C(F)(F)F)C(=O)N4C3)c3oc4ccccc4c3n2)cc1. The summed E-state index contributed by atoms with van der Waals surface area (Å²) in [4.78, 5) is 60.7. The second-order valence-corrected chi connectivity index (χ2v) is 17.6. The van der Waals surface area contributed by atoms with Crippen LogP contribution in [-0.2, 0) is 29.2 Å². The number of halogens is 3. The van der Waals surface area contributed by atoms with Crippen LogP contribution in [0.2, 0.25) is 0 Å². The Morgan fingerprint density at radius 2 is 1.79 bits per heavy atom. The van der Waals surface area contributed by atoms with Gasteiger partial charge in [-0.3, -0.25) is 23.9 Å². The van der Waals surface area contributed by atoms with Crippen LogP contribution in [0.5, 0.6) is 5.75 Å². The number of allylic oxidation sites excluding steroid dienone is 1. The van der Waals surface area contributed by atoms with E-state index >= 15 is 0 Å². The lowest BCUT2D eigenvalue weighted by molar-refractivity contribution is -0.175. The number of para-hydroxylation sites is 1. The smallest absolute Gasteiger partial charge is 0.471 e. The van der Waals surface area contributed by atoms with Crippen molar-refractivity contribution in [2.24, 2.45) is 5.92 Å². The maximum absolute atomic E-state index is 14.4. The van der Waals surface area contributed by atoms with E-state index in [1.54, 1.807) is 24.3 Å². The Morgan fingerprint density at radius 1 is 1.03 bits per heavy atom. The molecule has 0 radical (unpaired) electrons. The highest BCUT2D eigenvalue weighted by atomic mass is 32.2. The third kappa shape index (κ3) is 7.87. The van der Waals surface area contributed by atoms with Gasteiger partial charge in [-0.05, 0) is 57.6 Å². The maximum Gasteiger partial charge on any atom is 0.471 e. The maximum atomic E-state index is 14.4. The van der Waals surface area contributed by atoms with Crippen LogP contribution >= 0.6 is 0 Å². The normalized spacial score (nSPS) is 26.2. The molecule has 17 heteroatoms. The van der Waals surface area contributed by atoms with Gasteiger partial charge < -0.3 is 24.7 Å². The van der Waals surface area contributed by atoms with Crippen LogP contribution in [0.4, 0.5) is 13.2 Å². The van der Waals surface area contributed by atoms with Crippen molar-refractivity contribution >= 4 is 55.7 Å². The number of benzene rings is 2. The van der Waals surface area contributed by atoms with Crippen LogP contribution in [0.3, 0.4) is 0 Å². The van der Waals surface area contributed by atoms with Crippen molar-refractivity contribution in [2.45, 2.75) is 99.9 Å². The molecule has 5 atom stereocenters. The summed E-state index contributed by atoms with van der Waals surface area (Å²) in [6, 6.07) is 13.6. The summed E-state index contributed by atoms with van der Waals surface area (Å²) in [5.74, 6) is -5.25. The van der Waals surface area contributed by atoms with Gasteiger partial charge in [0, 0.05) is 29.4 Å². The van der Waals surface area contributed by atoms with E-state index in [2.05, 4.69) is 10.0 Å². The Hall–Kier alpha value is -5.45. The zero-order chi connectivity index (χ0) is 41.0. The van der Waals surface area contributed by atoms with Crippen molar-refractivity contribution in [1.82, 2.24) is 25.2 Å². The molecule has 1 saturated heterocycles. The third-order valence-electron chi connectivity index (χ3n) is 11.3. The van der Waals surface area contributed by atoms with Gasteiger partial charge in [-0.25, -0.2) is 13.4 Å². The Kier molecular flexibility index (Phi) is 10.2. The fraction of sp³-hybridized carbons (Fsp3) is 0.439. The average Bonchev–Trinajstić information content (AvgIpc) is 4.08. The van der Waals surface area contributed by atoms with E-state index < -0.39 is 74.7 Å². The lowest BCUT2D eigenvalue weighted by atomic mass is 10.0. The van der Waals surface area contributed by atoms with Crippen molar-refractivity contribution < 1.29 is 49.9 Å². The standard InChI is InChI=1S/C41H42F3N5O8S/c1-23-13-15-24(16-14-23)30-20-33(35-34(45-30)28-10-7-8-12-32(28)57-35)56-26-19-31-36(50)47-40(38(52)48-58(54,55)27-17-18-27)21-25(40)9-5-3-2-4-6-11-29(37(51)49(31)22-26)46-39(53)41(42,43)44/h5,7-10,12-16,20,25-27,29,31H,2-4,6,11,17-19,21-22H2,1H3,(H,46,53)(H,47,50)(H,48,52)/b9-5-/t25-,26+,29-,31-,40+/m0/s1. The number of fused-ring (bicyclic) bond motifs is 5. The van der Waals surface area contributed by atoms with Gasteiger partial charge in [-0.15, -0.1) is 0 Å². The number of rotatable bonds is 7. The zero-order valence-corrected chi connectivity index (χ0v) is 32.3. The molecular formula is C41H42F3N5O8S. The Balaban J connectivity index is 1.15. The lowest BCUT2D eigenvalue weighted by Gasteiger charge is -2.30. The molecule has 4 heterocycles. The summed E-state index contributed by atoms with van der Waals surface area (Å²) >= 11 is 0. The molecule has 3 fully saturated rings. The number of aromatic nitrogens is 1. The molecule has 2 aromatic heterocycles. The van der Waals surface area contributed by atoms with E-state index in [0.717, 1.165) is 16.0 Å². The van der Waals surface area contributed by atoms with Gasteiger partial charge in [0.05, 0.1) is 17.5 Å². The Morgan fingerprint density at radius 3 is 2.53 bits per heavy atom. The number of nitrogens with one attached hydrogen (secondary N) is 3. The number of carbonyl (C=O) groups excluding carboxylic acids is 4. The minimum absolute atomic E-state index is 0.0922. The number of hydrogen-bond donors (Lipinski definition) is 3. The number of furan rings is 1. The van der Waals surface area contributed by atoms with Crippen molar-refractivity contribution in [1.29, 1.82) is 0 Å². The number of hydrogen-bond acceptors (Lipinski definition) is 9. The van der Waals surface area contributed by atoms with Gasteiger partial charge in [0.2, 0.25) is 21.8 Å². The summed E-state index contributed by atoms with van der Waals surface area (Å²) in [6.45, 7) is 1.68. The second kappa shape index (κ2) is 15.1. The molecule has 0 unspecified atom stereocenters. The van der Waals surface area contributed by atoms with Gasteiger partial charge in [-0.2, -0.15) is 13.2 Å². The summed E-state index contributed by atoms with van der Waals surface area (Å²) in [6.07, 6.45) is -0.0919. The summed E-state index contributed by atoms with van der Waals surface area (Å²) in [7, 11) is -3.99. The highest BCUT2D eigenvalue weighted by molar-refractivity contribution is 7.91. The Bertz CT molecular complexity index is 2430. The van der Waals surface area contributed by atoms with Crippen LogP contribution in [0.25, 0.3) is 33.3 Å². The molecule has 3 N–H and O–H groups in total. The second-order valence-electron chi connectivity index (χ2n) is 15.7. The molecule has 4 aromatic rings. The monoisotopic (exact) mass is 821 g/mol. The first-order valence-electron chi connectivity index (χ1n) is 19.4. The molecule has 4 amide bonds. The number of carbonyl (C=O) groups is 4. The summed E-state index contributed by atoms with van der Waals surface area (Å²) in [5.41, 5.74) is 2.05. The third-order valence-corrected chi connectivity index (χ3v) is 13.2. The number of aryl methyl sites for hydroxylation is 1. The summed E-state index contributed by atoms with van der Waals surface area (Å²) < 4.78 is 81.3. The molecular weight excluding hydrogens is 780 g/mol. The van der Waals surface area contributed by atoms with Crippen LogP contribution in [0.15, 0.2) is 71.2 Å². The highest BCUT2D eigenvalue weighted by Gasteiger charge is 2.62. The van der Waals surface area contributed by atoms with E-state index in [9.17, 15) is 40.8 Å².